The zero-order chi connectivity index (χ0) is 12.3. The quantitative estimate of drug-likeness (QED) is 0.759. The van der Waals surface area contributed by atoms with E-state index in [9.17, 15) is 5.11 Å². The molecule has 0 bridgehead atoms. The molecular formula is C14H20N2O. The van der Waals surface area contributed by atoms with Gasteiger partial charge in [-0.2, -0.15) is 0 Å². The van der Waals surface area contributed by atoms with E-state index in [-0.39, 0.29) is 12.1 Å². The number of allylic oxidation sites excluding steroid dienone is 5. The van der Waals surface area contributed by atoms with Crippen LogP contribution in [0.2, 0.25) is 0 Å². The molecule has 0 aromatic carbocycles. The fourth-order valence-corrected chi connectivity index (χ4v) is 2.30. The van der Waals surface area contributed by atoms with E-state index < -0.39 is 0 Å². The Hall–Kier alpha value is -1.19. The Balaban J connectivity index is 2.01. The Labute approximate surface area is 103 Å². The molecule has 3 nitrogen and oxygen atoms in total. The molecule has 17 heavy (non-hydrogen) atoms. The molecule has 3 heteroatoms. The van der Waals surface area contributed by atoms with Crippen molar-refractivity contribution in [1.29, 1.82) is 0 Å². The lowest BCUT2D eigenvalue weighted by atomic mass is 9.88. The third-order valence-electron chi connectivity index (χ3n) is 3.28. The third kappa shape index (κ3) is 2.73. The molecule has 3 atom stereocenters. The fourth-order valence-electron chi connectivity index (χ4n) is 2.30. The predicted molar refractivity (Wildman–Crippen MR) is 71.1 cm³/mol. The van der Waals surface area contributed by atoms with Gasteiger partial charge in [-0.15, -0.1) is 0 Å². The van der Waals surface area contributed by atoms with Crippen LogP contribution in [0.1, 0.15) is 20.3 Å². The monoisotopic (exact) mass is 232 g/mol. The van der Waals surface area contributed by atoms with Crippen LogP contribution in [0.15, 0.2) is 41.1 Å². The molecule has 2 aliphatic rings. The summed E-state index contributed by atoms with van der Waals surface area (Å²) in [6, 6.07) is 0.0887. The highest BCUT2D eigenvalue weighted by Gasteiger charge is 2.26. The molecule has 1 aliphatic heterocycles. The van der Waals surface area contributed by atoms with Crippen LogP contribution in [0.5, 0.6) is 0 Å². The Kier molecular flexibility index (Phi) is 3.92. The van der Waals surface area contributed by atoms with Crippen molar-refractivity contribution in [3.05, 3.63) is 36.1 Å². The fraction of sp³-hybridized carbons (Fsp3) is 0.500. The maximum absolute atomic E-state index is 9.73. The van der Waals surface area contributed by atoms with Gasteiger partial charge in [-0.3, -0.25) is 4.99 Å². The van der Waals surface area contributed by atoms with Crippen LogP contribution in [0.3, 0.4) is 0 Å². The van der Waals surface area contributed by atoms with Crippen molar-refractivity contribution in [2.45, 2.75) is 32.4 Å². The number of aliphatic hydroxyl groups is 1. The Morgan fingerprint density at radius 3 is 3.00 bits per heavy atom. The number of likely N-dealkylation sites (N-methyl/N-ethyl adjacent to an activating group) is 1. The van der Waals surface area contributed by atoms with Gasteiger partial charge in [0.25, 0.3) is 0 Å². The topological polar surface area (TPSA) is 44.6 Å². The highest BCUT2D eigenvalue weighted by molar-refractivity contribution is 5.94. The summed E-state index contributed by atoms with van der Waals surface area (Å²) in [7, 11) is 0. The van der Waals surface area contributed by atoms with Gasteiger partial charge in [-0.25, -0.2) is 0 Å². The molecule has 2 rings (SSSR count). The second kappa shape index (κ2) is 5.43. The maximum Gasteiger partial charge on any atom is 0.0668 e. The second-order valence-electron chi connectivity index (χ2n) is 4.58. The second-order valence-corrected chi connectivity index (χ2v) is 4.58. The molecule has 2 N–H and O–H groups in total. The first-order valence-corrected chi connectivity index (χ1v) is 6.25. The van der Waals surface area contributed by atoms with E-state index in [0.29, 0.717) is 5.92 Å². The molecule has 0 spiro atoms. The molecule has 3 unspecified atom stereocenters. The number of nitrogens with one attached hydrogen (secondary N) is 1. The van der Waals surface area contributed by atoms with Crippen molar-refractivity contribution in [1.82, 2.24) is 5.32 Å². The van der Waals surface area contributed by atoms with Crippen LogP contribution < -0.4 is 5.32 Å². The summed E-state index contributed by atoms with van der Waals surface area (Å²) in [6.07, 6.45) is 10.8. The van der Waals surface area contributed by atoms with E-state index in [0.717, 1.165) is 18.7 Å². The van der Waals surface area contributed by atoms with E-state index in [2.05, 4.69) is 35.5 Å². The third-order valence-corrected chi connectivity index (χ3v) is 3.28. The standard InChI is InChI=1S/C14H20N2O/c1-3-15-13(10(2)17)8-14-12-7-5-4-6-11(12)9-16-14/h4-7,9-10,12-13,15,17H,3,8H2,1-2H3. The average Bonchev–Trinajstić information content (AvgIpc) is 2.72. The lowest BCUT2D eigenvalue weighted by Gasteiger charge is -2.23. The minimum absolute atomic E-state index is 0.0887. The minimum Gasteiger partial charge on any atom is -0.392 e. The van der Waals surface area contributed by atoms with Crippen LogP contribution in [-0.2, 0) is 0 Å². The van der Waals surface area contributed by atoms with Gasteiger partial charge >= 0.3 is 0 Å². The van der Waals surface area contributed by atoms with Gasteiger partial charge in [0.05, 0.1) is 6.10 Å². The van der Waals surface area contributed by atoms with Crippen molar-refractivity contribution in [3.8, 4) is 0 Å². The zero-order valence-electron chi connectivity index (χ0n) is 10.4. The minimum atomic E-state index is -0.357. The molecule has 0 radical (unpaired) electrons. The van der Waals surface area contributed by atoms with E-state index in [1.807, 2.05) is 19.2 Å². The molecule has 0 fully saturated rings. The summed E-state index contributed by atoms with van der Waals surface area (Å²) in [6.45, 7) is 4.75. The number of nitrogens with zero attached hydrogens (tertiary/aromatic N) is 1. The Bertz CT molecular complexity index is 391. The van der Waals surface area contributed by atoms with Gasteiger partial charge in [0, 0.05) is 30.3 Å². The number of hydrogen-bond donors (Lipinski definition) is 2. The Morgan fingerprint density at radius 2 is 2.29 bits per heavy atom. The summed E-state index contributed by atoms with van der Waals surface area (Å²) < 4.78 is 0. The van der Waals surface area contributed by atoms with E-state index >= 15 is 0 Å². The highest BCUT2D eigenvalue weighted by atomic mass is 16.3. The lowest BCUT2D eigenvalue weighted by molar-refractivity contribution is 0.148. The van der Waals surface area contributed by atoms with Gasteiger partial charge in [0.2, 0.25) is 0 Å². The van der Waals surface area contributed by atoms with Crippen LogP contribution >= 0.6 is 0 Å². The first-order chi connectivity index (χ1) is 8.22. The van der Waals surface area contributed by atoms with Gasteiger partial charge in [0.15, 0.2) is 0 Å². The van der Waals surface area contributed by atoms with Crippen molar-refractivity contribution >= 4 is 5.71 Å². The van der Waals surface area contributed by atoms with E-state index in [1.54, 1.807) is 0 Å². The molecule has 0 aromatic rings. The SMILES string of the molecule is CCNC(CC1=NC=C2C=CC=CC21)C(C)O. The van der Waals surface area contributed by atoms with Crippen molar-refractivity contribution < 1.29 is 5.11 Å². The van der Waals surface area contributed by atoms with E-state index in [4.69, 9.17) is 0 Å². The van der Waals surface area contributed by atoms with Crippen LogP contribution in [0.4, 0.5) is 0 Å². The normalized spacial score (nSPS) is 25.2. The summed E-state index contributed by atoms with van der Waals surface area (Å²) in [4.78, 5) is 4.49. The van der Waals surface area contributed by atoms with Gasteiger partial charge in [-0.1, -0.05) is 31.2 Å². The molecule has 0 saturated heterocycles. The summed E-state index contributed by atoms with van der Waals surface area (Å²) >= 11 is 0. The maximum atomic E-state index is 9.73. The van der Waals surface area contributed by atoms with E-state index in [1.165, 1.54) is 5.57 Å². The van der Waals surface area contributed by atoms with Gasteiger partial charge in [0.1, 0.15) is 0 Å². The molecule has 0 aromatic heterocycles. The Morgan fingerprint density at radius 1 is 1.47 bits per heavy atom. The number of hydrogen-bond acceptors (Lipinski definition) is 3. The molecule has 92 valence electrons. The predicted octanol–water partition coefficient (Wildman–Crippen LogP) is 1.82. The molecule has 1 aliphatic carbocycles. The summed E-state index contributed by atoms with van der Waals surface area (Å²) in [5, 5.41) is 13.0. The van der Waals surface area contributed by atoms with Crippen LogP contribution in [0.25, 0.3) is 0 Å². The molecular weight excluding hydrogens is 212 g/mol. The number of aliphatic hydroxyl groups excluding tert-OH is 1. The lowest BCUT2D eigenvalue weighted by Crippen LogP contribution is -2.40. The molecule has 1 heterocycles. The van der Waals surface area contributed by atoms with Crippen molar-refractivity contribution in [2.75, 3.05) is 6.54 Å². The summed E-state index contributed by atoms with van der Waals surface area (Å²) in [5.74, 6) is 0.319. The largest absolute Gasteiger partial charge is 0.392 e. The number of fused-ring (bicyclic) bond motifs is 1. The number of rotatable bonds is 5. The average molecular weight is 232 g/mol. The van der Waals surface area contributed by atoms with Crippen molar-refractivity contribution in [3.63, 3.8) is 0 Å². The smallest absolute Gasteiger partial charge is 0.0668 e. The molecule has 0 amide bonds. The molecule has 0 saturated carbocycles. The highest BCUT2D eigenvalue weighted by Crippen LogP contribution is 2.27. The first kappa shape index (κ1) is 12.3. The number of aliphatic imine (C=N–C) groups is 1. The van der Waals surface area contributed by atoms with Crippen LogP contribution in [0, 0.1) is 5.92 Å². The van der Waals surface area contributed by atoms with Gasteiger partial charge < -0.3 is 10.4 Å². The first-order valence-electron chi connectivity index (χ1n) is 6.25. The zero-order valence-corrected chi connectivity index (χ0v) is 10.4. The van der Waals surface area contributed by atoms with Crippen molar-refractivity contribution in [2.24, 2.45) is 10.9 Å². The van der Waals surface area contributed by atoms with Gasteiger partial charge in [-0.05, 0) is 19.0 Å². The van der Waals surface area contributed by atoms with Crippen LogP contribution in [-0.4, -0.2) is 29.5 Å². The summed E-state index contributed by atoms with van der Waals surface area (Å²) in [5.41, 5.74) is 2.40.